The van der Waals surface area contributed by atoms with Crippen molar-refractivity contribution in [2.75, 3.05) is 11.9 Å². The third-order valence-corrected chi connectivity index (χ3v) is 2.51. The molecule has 8 heteroatoms. The number of nitrogens with zero attached hydrogens (tertiary/aromatic N) is 4. The van der Waals surface area contributed by atoms with E-state index >= 15 is 0 Å². The van der Waals surface area contributed by atoms with Crippen LogP contribution >= 0.6 is 0 Å². The van der Waals surface area contributed by atoms with Crippen molar-refractivity contribution in [3.05, 3.63) is 23.1 Å². The van der Waals surface area contributed by atoms with Gasteiger partial charge in [-0.1, -0.05) is 10.4 Å². The SMILES string of the molecule is Cc1noc(NC(=O)c2cn(CCN)nn2)c1C. The smallest absolute Gasteiger partial charge is 0.280 e. The predicted octanol–water partition coefficient (Wildman–Crippen LogP) is 0.0939. The molecule has 2 aromatic rings. The molecule has 1 amide bonds. The zero-order chi connectivity index (χ0) is 13.1. The Kier molecular flexibility index (Phi) is 3.38. The minimum absolute atomic E-state index is 0.205. The Bertz CT molecular complexity index is 558. The Hall–Kier alpha value is -2.22. The largest absolute Gasteiger partial charge is 0.338 e. The topological polar surface area (TPSA) is 112 Å². The number of aromatic nitrogens is 4. The van der Waals surface area contributed by atoms with Crippen molar-refractivity contribution in [2.24, 2.45) is 5.73 Å². The second kappa shape index (κ2) is 4.96. The normalized spacial score (nSPS) is 10.6. The summed E-state index contributed by atoms with van der Waals surface area (Å²) in [6, 6.07) is 0. The molecule has 0 spiro atoms. The molecule has 2 heterocycles. The van der Waals surface area contributed by atoms with Gasteiger partial charge in [-0.3, -0.25) is 14.8 Å². The fraction of sp³-hybridized carbons (Fsp3) is 0.400. The summed E-state index contributed by atoms with van der Waals surface area (Å²) >= 11 is 0. The zero-order valence-electron chi connectivity index (χ0n) is 10.2. The summed E-state index contributed by atoms with van der Waals surface area (Å²) in [5, 5.41) is 13.9. The number of carbonyl (C=O) groups excluding carboxylic acids is 1. The highest BCUT2D eigenvalue weighted by molar-refractivity contribution is 6.02. The van der Waals surface area contributed by atoms with Crippen LogP contribution in [-0.4, -0.2) is 32.6 Å². The number of hydrogen-bond acceptors (Lipinski definition) is 6. The van der Waals surface area contributed by atoms with Crippen molar-refractivity contribution in [2.45, 2.75) is 20.4 Å². The molecular formula is C10H14N6O2. The van der Waals surface area contributed by atoms with Gasteiger partial charge in [-0.05, 0) is 13.8 Å². The van der Waals surface area contributed by atoms with Crippen LogP contribution in [0.1, 0.15) is 21.7 Å². The first-order valence-electron chi connectivity index (χ1n) is 5.46. The summed E-state index contributed by atoms with van der Waals surface area (Å²) in [7, 11) is 0. The van der Waals surface area contributed by atoms with Crippen LogP contribution in [0.3, 0.4) is 0 Å². The highest BCUT2D eigenvalue weighted by Crippen LogP contribution is 2.17. The lowest BCUT2D eigenvalue weighted by Crippen LogP contribution is -2.13. The molecule has 0 atom stereocenters. The Morgan fingerprint density at radius 1 is 1.56 bits per heavy atom. The van der Waals surface area contributed by atoms with Gasteiger partial charge in [0, 0.05) is 12.1 Å². The molecule has 2 rings (SSSR count). The van der Waals surface area contributed by atoms with Gasteiger partial charge in [-0.2, -0.15) is 0 Å². The van der Waals surface area contributed by atoms with Crippen molar-refractivity contribution in [3.63, 3.8) is 0 Å². The van der Waals surface area contributed by atoms with Crippen molar-refractivity contribution in [1.82, 2.24) is 20.2 Å². The molecule has 0 radical (unpaired) electrons. The molecule has 8 nitrogen and oxygen atoms in total. The number of amides is 1. The molecule has 0 aromatic carbocycles. The quantitative estimate of drug-likeness (QED) is 0.795. The lowest BCUT2D eigenvalue weighted by atomic mass is 10.3. The van der Waals surface area contributed by atoms with E-state index in [9.17, 15) is 4.79 Å². The Labute approximate surface area is 103 Å². The summed E-state index contributed by atoms with van der Waals surface area (Å²) in [6.45, 7) is 4.56. The van der Waals surface area contributed by atoms with E-state index in [2.05, 4.69) is 20.8 Å². The van der Waals surface area contributed by atoms with Gasteiger partial charge in [0.1, 0.15) is 0 Å². The highest BCUT2D eigenvalue weighted by atomic mass is 16.5. The molecule has 0 fully saturated rings. The molecule has 0 unspecified atom stereocenters. The molecular weight excluding hydrogens is 236 g/mol. The number of hydrogen-bond donors (Lipinski definition) is 2. The standard InChI is InChI=1S/C10H14N6O2/c1-6-7(2)14-18-10(6)12-9(17)8-5-16(4-3-11)15-13-8/h5H,3-4,11H2,1-2H3,(H,12,17). The summed E-state index contributed by atoms with van der Waals surface area (Å²) in [5.74, 6) is -0.0663. The first kappa shape index (κ1) is 12.2. The van der Waals surface area contributed by atoms with Gasteiger partial charge in [0.15, 0.2) is 5.69 Å². The van der Waals surface area contributed by atoms with Gasteiger partial charge in [0.2, 0.25) is 5.88 Å². The maximum atomic E-state index is 11.8. The number of rotatable bonds is 4. The van der Waals surface area contributed by atoms with Crippen LogP contribution < -0.4 is 11.1 Å². The van der Waals surface area contributed by atoms with Gasteiger partial charge in [0.25, 0.3) is 5.91 Å². The van der Waals surface area contributed by atoms with Crippen molar-refractivity contribution < 1.29 is 9.32 Å². The van der Waals surface area contributed by atoms with E-state index in [0.717, 1.165) is 11.3 Å². The fourth-order valence-electron chi connectivity index (χ4n) is 1.34. The van der Waals surface area contributed by atoms with Crippen LogP contribution in [0.25, 0.3) is 0 Å². The minimum atomic E-state index is -0.391. The number of nitrogens with one attached hydrogen (secondary N) is 1. The third kappa shape index (κ3) is 2.38. The lowest BCUT2D eigenvalue weighted by Gasteiger charge is -1.98. The van der Waals surface area contributed by atoms with E-state index in [1.165, 1.54) is 10.9 Å². The molecule has 0 bridgehead atoms. The first-order chi connectivity index (χ1) is 8.61. The van der Waals surface area contributed by atoms with E-state index in [0.29, 0.717) is 19.0 Å². The van der Waals surface area contributed by atoms with Crippen LogP contribution in [0.5, 0.6) is 0 Å². The van der Waals surface area contributed by atoms with Crippen LogP contribution in [0.15, 0.2) is 10.7 Å². The van der Waals surface area contributed by atoms with Crippen LogP contribution in [0.2, 0.25) is 0 Å². The Morgan fingerprint density at radius 2 is 2.33 bits per heavy atom. The maximum absolute atomic E-state index is 11.8. The highest BCUT2D eigenvalue weighted by Gasteiger charge is 2.15. The first-order valence-corrected chi connectivity index (χ1v) is 5.46. The van der Waals surface area contributed by atoms with E-state index in [1.807, 2.05) is 6.92 Å². The van der Waals surface area contributed by atoms with Gasteiger partial charge in [-0.25, -0.2) is 0 Å². The lowest BCUT2D eigenvalue weighted by molar-refractivity contribution is 0.101. The van der Waals surface area contributed by atoms with Crippen molar-refractivity contribution in [3.8, 4) is 0 Å². The molecule has 0 saturated carbocycles. The molecule has 0 aliphatic heterocycles. The molecule has 0 saturated heterocycles. The van der Waals surface area contributed by atoms with Crippen LogP contribution in [-0.2, 0) is 6.54 Å². The van der Waals surface area contributed by atoms with Gasteiger partial charge in [-0.15, -0.1) is 5.10 Å². The van der Waals surface area contributed by atoms with E-state index in [-0.39, 0.29) is 5.69 Å². The number of anilines is 1. The number of carbonyl (C=O) groups is 1. The minimum Gasteiger partial charge on any atom is -0.338 e. The monoisotopic (exact) mass is 250 g/mol. The molecule has 0 aliphatic carbocycles. The molecule has 18 heavy (non-hydrogen) atoms. The average molecular weight is 250 g/mol. The third-order valence-electron chi connectivity index (χ3n) is 2.51. The van der Waals surface area contributed by atoms with Gasteiger partial charge >= 0.3 is 0 Å². The van der Waals surface area contributed by atoms with Crippen LogP contribution in [0, 0.1) is 13.8 Å². The molecule has 96 valence electrons. The Balaban J connectivity index is 2.09. The summed E-state index contributed by atoms with van der Waals surface area (Å²) in [4.78, 5) is 11.8. The van der Waals surface area contributed by atoms with Crippen molar-refractivity contribution in [1.29, 1.82) is 0 Å². The summed E-state index contributed by atoms with van der Waals surface area (Å²) in [5.41, 5.74) is 7.11. The summed E-state index contributed by atoms with van der Waals surface area (Å²) in [6.07, 6.45) is 1.53. The second-order valence-corrected chi connectivity index (χ2v) is 3.83. The zero-order valence-corrected chi connectivity index (χ0v) is 10.2. The van der Waals surface area contributed by atoms with E-state index < -0.39 is 5.91 Å². The molecule has 0 aliphatic rings. The molecule has 2 aromatic heterocycles. The average Bonchev–Trinajstić information content (AvgIpc) is 2.92. The summed E-state index contributed by atoms with van der Waals surface area (Å²) < 4.78 is 6.49. The Morgan fingerprint density at radius 3 is 2.94 bits per heavy atom. The van der Waals surface area contributed by atoms with Crippen molar-refractivity contribution >= 4 is 11.8 Å². The molecule has 3 N–H and O–H groups in total. The maximum Gasteiger partial charge on any atom is 0.280 e. The fourth-order valence-corrected chi connectivity index (χ4v) is 1.34. The number of aryl methyl sites for hydroxylation is 1. The van der Waals surface area contributed by atoms with Gasteiger partial charge < -0.3 is 10.3 Å². The van der Waals surface area contributed by atoms with Crippen LogP contribution in [0.4, 0.5) is 5.88 Å². The number of nitrogens with two attached hydrogens (primary N) is 1. The van der Waals surface area contributed by atoms with E-state index in [4.69, 9.17) is 10.3 Å². The predicted molar refractivity (Wildman–Crippen MR) is 63.0 cm³/mol. The second-order valence-electron chi connectivity index (χ2n) is 3.83. The van der Waals surface area contributed by atoms with E-state index in [1.54, 1.807) is 6.92 Å². The van der Waals surface area contributed by atoms with Gasteiger partial charge in [0.05, 0.1) is 18.4 Å².